The van der Waals surface area contributed by atoms with Crippen LogP contribution in [0.2, 0.25) is 0 Å². The van der Waals surface area contributed by atoms with Crippen molar-refractivity contribution in [1.82, 2.24) is 0 Å². The normalized spacial score (nSPS) is 13.5. The fourth-order valence-electron chi connectivity index (χ4n) is 4.27. The summed E-state index contributed by atoms with van der Waals surface area (Å²) < 4.78 is 73.1. The van der Waals surface area contributed by atoms with E-state index in [0.29, 0.717) is 19.4 Å². The second kappa shape index (κ2) is 15.6. The van der Waals surface area contributed by atoms with Gasteiger partial charge < -0.3 is 4.74 Å². The van der Waals surface area contributed by atoms with Crippen LogP contribution >= 0.6 is 0 Å². The molecule has 1 aromatic rings. The number of halogens is 5. The molecule has 0 aliphatic heterocycles. The monoisotopic (exact) mass is 464 g/mol. The van der Waals surface area contributed by atoms with Gasteiger partial charge in [-0.1, -0.05) is 77.6 Å². The van der Waals surface area contributed by atoms with Gasteiger partial charge in [-0.2, -0.15) is 0 Å². The third kappa shape index (κ3) is 9.76. The van der Waals surface area contributed by atoms with E-state index in [2.05, 4.69) is 13.8 Å². The molecule has 0 heterocycles. The van der Waals surface area contributed by atoms with Crippen LogP contribution in [0.4, 0.5) is 22.0 Å². The summed E-state index contributed by atoms with van der Waals surface area (Å²) in [4.78, 5) is 0. The van der Waals surface area contributed by atoms with E-state index in [1.807, 2.05) is 6.92 Å². The van der Waals surface area contributed by atoms with Gasteiger partial charge in [-0.15, -0.1) is 0 Å². The minimum Gasteiger partial charge on any atom is -0.376 e. The summed E-state index contributed by atoms with van der Waals surface area (Å²) in [5.74, 6) is -9.25. The van der Waals surface area contributed by atoms with E-state index in [1.165, 1.54) is 44.9 Å². The number of ether oxygens (including phenoxy) is 1. The second-order valence-electron chi connectivity index (χ2n) is 9.07. The highest BCUT2D eigenvalue weighted by molar-refractivity contribution is 5.24. The summed E-state index contributed by atoms with van der Waals surface area (Å²) in [6.45, 7) is 7.11. The summed E-state index contributed by atoms with van der Waals surface area (Å²) in [6.07, 6.45) is 14.7. The van der Waals surface area contributed by atoms with Crippen LogP contribution in [0.15, 0.2) is 0 Å². The highest BCUT2D eigenvalue weighted by Crippen LogP contribution is 2.28. The lowest BCUT2D eigenvalue weighted by molar-refractivity contribution is -0.0403. The molecular weight excluding hydrogens is 423 g/mol. The van der Waals surface area contributed by atoms with Crippen molar-refractivity contribution >= 4 is 0 Å². The van der Waals surface area contributed by atoms with Crippen LogP contribution in [0, 0.1) is 29.1 Å². The van der Waals surface area contributed by atoms with Gasteiger partial charge in [0.1, 0.15) is 0 Å². The standard InChI is InChI=1S/C26H41F5O/c1-4-6-7-8-9-12-15-18-26(3,32-5-2)19-16-13-10-11-14-17-20-21(27)23(29)25(31)24(30)22(20)28/h4-19H2,1-3H3. The number of rotatable bonds is 18. The largest absolute Gasteiger partial charge is 0.376 e. The van der Waals surface area contributed by atoms with E-state index in [1.54, 1.807) is 0 Å². The first-order valence-corrected chi connectivity index (χ1v) is 12.4. The quantitative estimate of drug-likeness (QED) is 0.0910. The topological polar surface area (TPSA) is 9.23 Å². The van der Waals surface area contributed by atoms with Crippen LogP contribution in [-0.2, 0) is 11.2 Å². The Balaban J connectivity index is 2.28. The van der Waals surface area contributed by atoms with Crippen molar-refractivity contribution in [3.05, 3.63) is 34.6 Å². The van der Waals surface area contributed by atoms with Gasteiger partial charge in [0.25, 0.3) is 0 Å². The molecule has 32 heavy (non-hydrogen) atoms. The van der Waals surface area contributed by atoms with Gasteiger partial charge in [0.2, 0.25) is 5.82 Å². The average molecular weight is 465 g/mol. The predicted octanol–water partition coefficient (Wildman–Crippen LogP) is 9.20. The molecule has 1 nitrogen and oxygen atoms in total. The van der Waals surface area contributed by atoms with Crippen molar-refractivity contribution in [2.45, 2.75) is 123 Å². The smallest absolute Gasteiger partial charge is 0.200 e. The Bertz CT molecular complexity index is 635. The van der Waals surface area contributed by atoms with Crippen molar-refractivity contribution in [1.29, 1.82) is 0 Å². The lowest BCUT2D eigenvalue weighted by Gasteiger charge is -2.30. The molecule has 0 amide bonds. The Morgan fingerprint density at radius 1 is 0.562 bits per heavy atom. The summed E-state index contributed by atoms with van der Waals surface area (Å²) in [7, 11) is 0. The van der Waals surface area contributed by atoms with Gasteiger partial charge in [0.05, 0.1) is 5.60 Å². The molecule has 0 aromatic heterocycles. The molecular formula is C26H41F5O. The van der Waals surface area contributed by atoms with Gasteiger partial charge in [0, 0.05) is 12.2 Å². The fraction of sp³-hybridized carbons (Fsp3) is 0.769. The molecule has 0 radical (unpaired) electrons. The fourth-order valence-corrected chi connectivity index (χ4v) is 4.27. The Morgan fingerprint density at radius 2 is 0.969 bits per heavy atom. The van der Waals surface area contributed by atoms with E-state index < -0.39 is 34.6 Å². The van der Waals surface area contributed by atoms with Crippen LogP contribution in [0.1, 0.15) is 116 Å². The van der Waals surface area contributed by atoms with Gasteiger partial charge >= 0.3 is 0 Å². The van der Waals surface area contributed by atoms with Crippen LogP contribution in [0.25, 0.3) is 0 Å². The van der Waals surface area contributed by atoms with Crippen LogP contribution in [-0.4, -0.2) is 12.2 Å². The Labute approximate surface area is 191 Å². The molecule has 1 unspecified atom stereocenters. The third-order valence-corrected chi connectivity index (χ3v) is 6.24. The Morgan fingerprint density at radius 3 is 1.44 bits per heavy atom. The van der Waals surface area contributed by atoms with E-state index in [9.17, 15) is 22.0 Å². The first-order chi connectivity index (χ1) is 15.3. The number of benzene rings is 1. The summed E-state index contributed by atoms with van der Waals surface area (Å²) in [5, 5.41) is 0. The number of hydrogen-bond donors (Lipinski definition) is 0. The molecule has 0 saturated heterocycles. The Kier molecular flexibility index (Phi) is 14.1. The van der Waals surface area contributed by atoms with Crippen molar-refractivity contribution < 1.29 is 26.7 Å². The first kappa shape index (κ1) is 28.9. The SMILES string of the molecule is CCCCCCCCCC(C)(CCCCCCCc1c(F)c(F)c(F)c(F)c1F)OCC. The minimum atomic E-state index is -2.10. The van der Waals surface area contributed by atoms with Crippen molar-refractivity contribution in [2.24, 2.45) is 0 Å². The third-order valence-electron chi connectivity index (χ3n) is 6.24. The number of unbranched alkanes of at least 4 members (excludes halogenated alkanes) is 10. The highest BCUT2D eigenvalue weighted by atomic mass is 19.2. The van der Waals surface area contributed by atoms with Gasteiger partial charge in [-0.3, -0.25) is 0 Å². The zero-order chi connectivity index (χ0) is 24.0. The maximum Gasteiger partial charge on any atom is 0.200 e. The molecule has 0 aliphatic rings. The molecule has 1 aromatic carbocycles. The zero-order valence-corrected chi connectivity index (χ0v) is 20.1. The molecule has 0 N–H and O–H groups in total. The lowest BCUT2D eigenvalue weighted by Crippen LogP contribution is -2.28. The highest BCUT2D eigenvalue weighted by Gasteiger charge is 2.25. The maximum absolute atomic E-state index is 13.7. The predicted molar refractivity (Wildman–Crippen MR) is 120 cm³/mol. The first-order valence-electron chi connectivity index (χ1n) is 12.4. The molecule has 0 fully saturated rings. The Hall–Kier alpha value is -1.17. The molecule has 0 saturated carbocycles. The van der Waals surface area contributed by atoms with Gasteiger partial charge in [-0.25, -0.2) is 22.0 Å². The molecule has 6 heteroatoms. The van der Waals surface area contributed by atoms with Crippen molar-refractivity contribution in [3.8, 4) is 0 Å². The maximum atomic E-state index is 13.7. The molecule has 0 spiro atoms. The van der Waals surface area contributed by atoms with E-state index >= 15 is 0 Å². The summed E-state index contributed by atoms with van der Waals surface area (Å²) >= 11 is 0. The van der Waals surface area contributed by atoms with Crippen LogP contribution < -0.4 is 0 Å². The minimum absolute atomic E-state index is 0.117. The molecule has 1 rings (SSSR count). The van der Waals surface area contributed by atoms with Crippen molar-refractivity contribution in [3.63, 3.8) is 0 Å². The van der Waals surface area contributed by atoms with Gasteiger partial charge in [-0.05, 0) is 39.5 Å². The summed E-state index contributed by atoms with van der Waals surface area (Å²) in [5.41, 5.74) is -0.826. The van der Waals surface area contributed by atoms with E-state index in [-0.39, 0.29) is 12.0 Å². The zero-order valence-electron chi connectivity index (χ0n) is 20.1. The van der Waals surface area contributed by atoms with Crippen LogP contribution in [0.5, 0.6) is 0 Å². The van der Waals surface area contributed by atoms with E-state index in [0.717, 1.165) is 32.1 Å². The molecule has 186 valence electrons. The molecule has 0 bridgehead atoms. The average Bonchev–Trinajstić information content (AvgIpc) is 2.77. The molecule has 1 atom stereocenters. The van der Waals surface area contributed by atoms with E-state index in [4.69, 9.17) is 4.74 Å². The number of hydrogen-bond acceptors (Lipinski definition) is 1. The molecule has 0 aliphatic carbocycles. The van der Waals surface area contributed by atoms with Gasteiger partial charge in [0.15, 0.2) is 23.3 Å². The second-order valence-corrected chi connectivity index (χ2v) is 9.07. The van der Waals surface area contributed by atoms with Crippen LogP contribution in [0.3, 0.4) is 0 Å². The summed E-state index contributed by atoms with van der Waals surface area (Å²) in [6, 6.07) is 0. The lowest BCUT2D eigenvalue weighted by atomic mass is 9.91. The van der Waals surface area contributed by atoms with Crippen molar-refractivity contribution in [2.75, 3.05) is 6.61 Å².